The molecule has 1 aromatic carbocycles. The Hall–Kier alpha value is -2.40. The smallest absolute Gasteiger partial charge is 0.337 e. The number of phenolic OH excluding ortho intramolecular Hbond substituents is 1. The summed E-state index contributed by atoms with van der Waals surface area (Å²) in [6, 6.07) is 10.1. The minimum Gasteiger partial charge on any atom is -0.508 e. The molecule has 2 aromatic rings. The van der Waals surface area contributed by atoms with Crippen LogP contribution in [0.5, 0.6) is 5.75 Å². The summed E-state index contributed by atoms with van der Waals surface area (Å²) in [4.78, 5) is 15.0. The number of benzene rings is 1. The third-order valence-electron chi connectivity index (χ3n) is 2.72. The summed E-state index contributed by atoms with van der Waals surface area (Å²) in [5.41, 5.74) is 1.42. The van der Waals surface area contributed by atoms with Crippen molar-refractivity contribution < 1.29 is 15.0 Å². The number of carboxylic acid groups (broad SMARTS) is 1. The van der Waals surface area contributed by atoms with E-state index in [1.165, 1.54) is 6.07 Å². The lowest BCUT2D eigenvalue weighted by Crippen LogP contribution is -2.16. The van der Waals surface area contributed by atoms with Crippen LogP contribution >= 0.6 is 0 Å². The first-order chi connectivity index (χ1) is 9.18. The SMILES string of the molecule is O=C(O)c1cccnc1CNCc1ccccc1O. The summed E-state index contributed by atoms with van der Waals surface area (Å²) in [7, 11) is 0. The van der Waals surface area contributed by atoms with Crippen molar-refractivity contribution in [3.8, 4) is 5.75 Å². The molecule has 2 rings (SSSR count). The quantitative estimate of drug-likeness (QED) is 0.761. The van der Waals surface area contributed by atoms with E-state index < -0.39 is 5.97 Å². The summed E-state index contributed by atoms with van der Waals surface area (Å²) in [6.45, 7) is 0.777. The molecule has 0 aliphatic heterocycles. The Bertz CT molecular complexity index is 584. The Morgan fingerprint density at radius 1 is 1.16 bits per heavy atom. The molecule has 0 bridgehead atoms. The van der Waals surface area contributed by atoms with Crippen molar-refractivity contribution in [2.75, 3.05) is 0 Å². The minimum atomic E-state index is -0.993. The molecule has 1 aromatic heterocycles. The lowest BCUT2D eigenvalue weighted by Gasteiger charge is -2.08. The van der Waals surface area contributed by atoms with E-state index in [1.54, 1.807) is 30.5 Å². The van der Waals surface area contributed by atoms with Gasteiger partial charge in [-0.1, -0.05) is 18.2 Å². The van der Waals surface area contributed by atoms with Crippen LogP contribution in [-0.2, 0) is 13.1 Å². The highest BCUT2D eigenvalue weighted by atomic mass is 16.4. The van der Waals surface area contributed by atoms with Gasteiger partial charge in [0.05, 0.1) is 11.3 Å². The van der Waals surface area contributed by atoms with E-state index >= 15 is 0 Å². The van der Waals surface area contributed by atoms with Gasteiger partial charge >= 0.3 is 5.97 Å². The first kappa shape index (κ1) is 13.0. The van der Waals surface area contributed by atoms with Gasteiger partial charge < -0.3 is 15.5 Å². The van der Waals surface area contributed by atoms with Crippen molar-refractivity contribution in [3.05, 3.63) is 59.4 Å². The molecule has 3 N–H and O–H groups in total. The van der Waals surface area contributed by atoms with Gasteiger partial charge in [-0.25, -0.2) is 4.79 Å². The van der Waals surface area contributed by atoms with Gasteiger partial charge in [-0.3, -0.25) is 4.98 Å². The number of pyridine rings is 1. The molecule has 0 spiro atoms. The van der Waals surface area contributed by atoms with Crippen LogP contribution in [-0.4, -0.2) is 21.2 Å². The summed E-state index contributed by atoms with van der Waals surface area (Å²) in [5.74, 6) is -0.776. The third-order valence-corrected chi connectivity index (χ3v) is 2.72. The fraction of sp³-hybridized carbons (Fsp3) is 0.143. The van der Waals surface area contributed by atoms with Crippen LogP contribution in [0.1, 0.15) is 21.6 Å². The Kier molecular flexibility index (Phi) is 4.10. The maximum absolute atomic E-state index is 11.0. The molecule has 19 heavy (non-hydrogen) atoms. The Morgan fingerprint density at radius 2 is 1.95 bits per heavy atom. The van der Waals surface area contributed by atoms with Crippen molar-refractivity contribution in [1.82, 2.24) is 10.3 Å². The lowest BCUT2D eigenvalue weighted by molar-refractivity contribution is 0.0695. The number of nitrogens with zero attached hydrogens (tertiary/aromatic N) is 1. The first-order valence-electron chi connectivity index (χ1n) is 5.83. The third kappa shape index (κ3) is 3.29. The number of aromatic nitrogens is 1. The molecule has 0 saturated carbocycles. The highest BCUT2D eigenvalue weighted by Crippen LogP contribution is 2.15. The monoisotopic (exact) mass is 258 g/mol. The molecule has 5 nitrogen and oxygen atoms in total. The van der Waals surface area contributed by atoms with Crippen molar-refractivity contribution in [3.63, 3.8) is 0 Å². The molecule has 0 saturated heterocycles. The van der Waals surface area contributed by atoms with E-state index in [9.17, 15) is 9.90 Å². The number of hydrogen-bond acceptors (Lipinski definition) is 4. The summed E-state index contributed by atoms with van der Waals surface area (Å²) < 4.78 is 0. The second kappa shape index (κ2) is 5.97. The molecular formula is C14H14N2O3. The topological polar surface area (TPSA) is 82.5 Å². The van der Waals surface area contributed by atoms with Gasteiger partial charge in [0, 0.05) is 24.8 Å². The van der Waals surface area contributed by atoms with E-state index in [0.717, 1.165) is 5.56 Å². The number of hydrogen-bond donors (Lipinski definition) is 3. The largest absolute Gasteiger partial charge is 0.508 e. The molecule has 0 aliphatic rings. The van der Waals surface area contributed by atoms with Crippen LogP contribution in [0, 0.1) is 0 Å². The average Bonchev–Trinajstić information content (AvgIpc) is 2.41. The number of aromatic hydroxyl groups is 1. The Balaban J connectivity index is 2.00. The Morgan fingerprint density at radius 3 is 2.68 bits per heavy atom. The molecule has 0 radical (unpaired) electrons. The molecule has 5 heteroatoms. The maximum atomic E-state index is 11.0. The van der Waals surface area contributed by atoms with Gasteiger partial charge in [0.25, 0.3) is 0 Å². The lowest BCUT2D eigenvalue weighted by atomic mass is 10.1. The second-order valence-corrected chi connectivity index (χ2v) is 4.04. The zero-order valence-electron chi connectivity index (χ0n) is 10.2. The minimum absolute atomic E-state index is 0.187. The summed E-state index contributed by atoms with van der Waals surface area (Å²) >= 11 is 0. The molecule has 0 amide bonds. The first-order valence-corrected chi connectivity index (χ1v) is 5.83. The van der Waals surface area contributed by atoms with Crippen LogP contribution in [0.2, 0.25) is 0 Å². The van der Waals surface area contributed by atoms with E-state index in [4.69, 9.17) is 5.11 Å². The zero-order valence-corrected chi connectivity index (χ0v) is 10.2. The van der Waals surface area contributed by atoms with Gasteiger partial charge in [0.1, 0.15) is 5.75 Å². The van der Waals surface area contributed by atoms with Crippen molar-refractivity contribution in [2.24, 2.45) is 0 Å². The van der Waals surface area contributed by atoms with Crippen LogP contribution in [0.25, 0.3) is 0 Å². The standard InChI is InChI=1S/C14H14N2O3/c17-13-6-2-1-4-10(13)8-15-9-12-11(14(18)19)5-3-7-16-12/h1-7,15,17H,8-9H2,(H,18,19). The zero-order chi connectivity index (χ0) is 13.7. The number of para-hydroxylation sites is 1. The average molecular weight is 258 g/mol. The van der Waals surface area contributed by atoms with Gasteiger partial charge in [-0.05, 0) is 18.2 Å². The van der Waals surface area contributed by atoms with Gasteiger partial charge in [-0.2, -0.15) is 0 Å². The van der Waals surface area contributed by atoms with Crippen LogP contribution in [0.4, 0.5) is 0 Å². The molecule has 1 heterocycles. The van der Waals surface area contributed by atoms with E-state index in [1.807, 2.05) is 6.07 Å². The number of carbonyl (C=O) groups is 1. The molecule has 0 atom stereocenters. The van der Waals surface area contributed by atoms with Gasteiger partial charge in [-0.15, -0.1) is 0 Å². The van der Waals surface area contributed by atoms with Crippen LogP contribution in [0.15, 0.2) is 42.6 Å². The van der Waals surface area contributed by atoms with Gasteiger partial charge in [0.15, 0.2) is 0 Å². The fourth-order valence-electron chi connectivity index (χ4n) is 1.75. The number of phenols is 1. The number of rotatable bonds is 5. The second-order valence-electron chi connectivity index (χ2n) is 4.04. The molecule has 0 unspecified atom stereocenters. The van der Waals surface area contributed by atoms with Crippen LogP contribution in [0.3, 0.4) is 0 Å². The normalized spacial score (nSPS) is 10.3. The summed E-state index contributed by atoms with van der Waals surface area (Å²) in [6.07, 6.45) is 1.56. The van der Waals surface area contributed by atoms with Crippen molar-refractivity contribution >= 4 is 5.97 Å². The fourth-order valence-corrected chi connectivity index (χ4v) is 1.75. The maximum Gasteiger partial charge on any atom is 0.337 e. The van der Waals surface area contributed by atoms with E-state index in [2.05, 4.69) is 10.3 Å². The van der Waals surface area contributed by atoms with Crippen molar-refractivity contribution in [1.29, 1.82) is 0 Å². The highest BCUT2D eigenvalue weighted by molar-refractivity contribution is 5.88. The molecule has 0 aliphatic carbocycles. The molecule has 0 fully saturated rings. The Labute approximate surface area is 110 Å². The molecule has 98 valence electrons. The van der Waals surface area contributed by atoms with Gasteiger partial charge in [0.2, 0.25) is 0 Å². The highest BCUT2D eigenvalue weighted by Gasteiger charge is 2.10. The van der Waals surface area contributed by atoms with E-state index in [-0.39, 0.29) is 11.3 Å². The number of nitrogens with one attached hydrogen (secondary N) is 1. The number of carboxylic acids is 1. The van der Waals surface area contributed by atoms with Crippen LogP contribution < -0.4 is 5.32 Å². The van der Waals surface area contributed by atoms with E-state index in [0.29, 0.717) is 18.8 Å². The predicted molar refractivity (Wildman–Crippen MR) is 69.8 cm³/mol. The predicted octanol–water partition coefficient (Wildman–Crippen LogP) is 1.78. The van der Waals surface area contributed by atoms with Crippen molar-refractivity contribution in [2.45, 2.75) is 13.1 Å². The number of aromatic carboxylic acids is 1. The summed E-state index contributed by atoms with van der Waals surface area (Å²) in [5, 5.41) is 21.7. The molecular weight excluding hydrogens is 244 g/mol.